The zero-order valence-corrected chi connectivity index (χ0v) is 12.4. The molecule has 0 aliphatic carbocycles. The van der Waals surface area contributed by atoms with E-state index in [4.69, 9.17) is 11.6 Å². The van der Waals surface area contributed by atoms with Crippen LogP contribution in [0.2, 0.25) is 5.02 Å². The van der Waals surface area contributed by atoms with Gasteiger partial charge in [-0.05, 0) is 45.0 Å². The summed E-state index contributed by atoms with van der Waals surface area (Å²) in [7, 11) is 0. The third-order valence-electron chi connectivity index (χ3n) is 2.54. The third kappa shape index (κ3) is 4.24. The summed E-state index contributed by atoms with van der Waals surface area (Å²) < 4.78 is 0. The van der Waals surface area contributed by atoms with Crippen LogP contribution in [0.4, 0.5) is 0 Å². The molecule has 0 bridgehead atoms. The molecule has 19 heavy (non-hydrogen) atoms. The molecule has 1 rings (SSSR count). The lowest BCUT2D eigenvalue weighted by atomic mass is 10.1. The number of rotatable bonds is 2. The molecule has 104 valence electrons. The largest absolute Gasteiger partial charge is 0.273 e. The molecule has 1 aromatic carbocycles. The summed E-state index contributed by atoms with van der Waals surface area (Å²) >= 11 is 5.77. The predicted octanol–water partition coefficient (Wildman–Crippen LogP) is 3.02. The van der Waals surface area contributed by atoms with E-state index in [0.717, 1.165) is 0 Å². The van der Waals surface area contributed by atoms with Crippen molar-refractivity contribution in [3.63, 3.8) is 0 Å². The lowest BCUT2D eigenvalue weighted by molar-refractivity contribution is -0.138. The number of hydrogen-bond donors (Lipinski definition) is 1. The lowest BCUT2D eigenvalue weighted by Gasteiger charge is -2.35. The Balaban J connectivity index is 2.88. The van der Waals surface area contributed by atoms with E-state index < -0.39 is 5.54 Å². The molecule has 0 aliphatic heterocycles. The smallest absolute Gasteiger partial charge is 0.269 e. The van der Waals surface area contributed by atoms with Crippen LogP contribution in [-0.4, -0.2) is 22.4 Å². The normalized spacial score (nSPS) is 11.0. The quantitative estimate of drug-likeness (QED) is 0.848. The van der Waals surface area contributed by atoms with Gasteiger partial charge in [0, 0.05) is 17.0 Å². The molecule has 0 radical (unpaired) electrons. The summed E-state index contributed by atoms with van der Waals surface area (Å²) in [6, 6.07) is 6.52. The van der Waals surface area contributed by atoms with Crippen LogP contribution < -0.4 is 5.43 Å². The molecule has 0 aromatic heterocycles. The van der Waals surface area contributed by atoms with Gasteiger partial charge in [0.1, 0.15) is 0 Å². The van der Waals surface area contributed by atoms with Gasteiger partial charge in [0.2, 0.25) is 5.91 Å². The van der Waals surface area contributed by atoms with Crippen molar-refractivity contribution < 1.29 is 9.59 Å². The Hall–Kier alpha value is -1.55. The minimum Gasteiger partial charge on any atom is -0.273 e. The van der Waals surface area contributed by atoms with Crippen LogP contribution in [0.5, 0.6) is 0 Å². The number of hydrazine groups is 1. The van der Waals surface area contributed by atoms with Gasteiger partial charge in [-0.3, -0.25) is 15.0 Å². The second kappa shape index (κ2) is 6.06. The molecule has 0 heterocycles. The summed E-state index contributed by atoms with van der Waals surface area (Å²) in [5.41, 5.74) is 2.63. The van der Waals surface area contributed by atoms with Gasteiger partial charge in [-0.1, -0.05) is 18.5 Å². The standard InChI is InChI=1S/C14H19ClN2O2/c1-5-12(18)17(14(2,3)4)16-13(19)10-6-8-11(15)9-7-10/h6-9H,5H2,1-4H3,(H,16,19). The van der Waals surface area contributed by atoms with Crippen LogP contribution in [0.15, 0.2) is 24.3 Å². The fourth-order valence-corrected chi connectivity index (χ4v) is 1.66. The first-order valence-corrected chi connectivity index (χ1v) is 6.53. The van der Waals surface area contributed by atoms with E-state index >= 15 is 0 Å². The van der Waals surface area contributed by atoms with Crippen molar-refractivity contribution in [2.24, 2.45) is 0 Å². The van der Waals surface area contributed by atoms with Gasteiger partial charge in [0.25, 0.3) is 5.91 Å². The highest BCUT2D eigenvalue weighted by molar-refractivity contribution is 6.30. The molecule has 2 amide bonds. The van der Waals surface area contributed by atoms with Crippen LogP contribution >= 0.6 is 11.6 Å². The fourth-order valence-electron chi connectivity index (χ4n) is 1.53. The van der Waals surface area contributed by atoms with E-state index in [0.29, 0.717) is 17.0 Å². The van der Waals surface area contributed by atoms with E-state index in [9.17, 15) is 9.59 Å². The number of nitrogens with one attached hydrogen (secondary N) is 1. The molecule has 0 spiro atoms. The average molecular weight is 283 g/mol. The third-order valence-corrected chi connectivity index (χ3v) is 2.79. The van der Waals surface area contributed by atoms with Crippen LogP contribution in [0.1, 0.15) is 44.5 Å². The van der Waals surface area contributed by atoms with Crippen molar-refractivity contribution in [3.05, 3.63) is 34.9 Å². The number of carbonyl (C=O) groups is 2. The van der Waals surface area contributed by atoms with Gasteiger partial charge >= 0.3 is 0 Å². The topological polar surface area (TPSA) is 49.4 Å². The van der Waals surface area contributed by atoms with Gasteiger partial charge in [-0.2, -0.15) is 0 Å². The number of benzene rings is 1. The van der Waals surface area contributed by atoms with Crippen molar-refractivity contribution in [2.75, 3.05) is 0 Å². The van der Waals surface area contributed by atoms with Crippen molar-refractivity contribution >= 4 is 23.4 Å². The van der Waals surface area contributed by atoms with Gasteiger partial charge < -0.3 is 0 Å². The van der Waals surface area contributed by atoms with Crippen LogP contribution in [0, 0.1) is 0 Å². The van der Waals surface area contributed by atoms with Crippen LogP contribution in [0.3, 0.4) is 0 Å². The molecule has 0 saturated heterocycles. The van der Waals surface area contributed by atoms with Crippen molar-refractivity contribution in [1.82, 2.24) is 10.4 Å². The Bertz CT molecular complexity index is 463. The first-order chi connectivity index (χ1) is 8.75. The summed E-state index contributed by atoms with van der Waals surface area (Å²) in [4.78, 5) is 24.0. The van der Waals surface area contributed by atoms with E-state index in [1.54, 1.807) is 31.2 Å². The number of carbonyl (C=O) groups excluding carboxylic acids is 2. The highest BCUT2D eigenvalue weighted by Gasteiger charge is 2.27. The lowest BCUT2D eigenvalue weighted by Crippen LogP contribution is -2.55. The van der Waals surface area contributed by atoms with Gasteiger partial charge in [0.05, 0.1) is 5.54 Å². The highest BCUT2D eigenvalue weighted by atomic mass is 35.5. The maximum atomic E-state index is 12.1. The van der Waals surface area contributed by atoms with E-state index in [1.807, 2.05) is 20.8 Å². The Labute approximate surface area is 118 Å². The number of amides is 2. The molecule has 4 nitrogen and oxygen atoms in total. The van der Waals surface area contributed by atoms with E-state index in [-0.39, 0.29) is 11.8 Å². The molecular weight excluding hydrogens is 264 g/mol. The summed E-state index contributed by atoms with van der Waals surface area (Å²) in [6.45, 7) is 7.35. The molecule has 0 fully saturated rings. The minimum atomic E-state index is -0.477. The minimum absolute atomic E-state index is 0.130. The highest BCUT2D eigenvalue weighted by Crippen LogP contribution is 2.14. The first-order valence-electron chi connectivity index (χ1n) is 6.15. The Morgan fingerprint density at radius 3 is 2.16 bits per heavy atom. The number of hydrogen-bond acceptors (Lipinski definition) is 2. The monoisotopic (exact) mass is 282 g/mol. The van der Waals surface area contributed by atoms with Crippen molar-refractivity contribution in [1.29, 1.82) is 0 Å². The average Bonchev–Trinajstić information content (AvgIpc) is 2.34. The second-order valence-corrected chi connectivity index (χ2v) is 5.64. The molecule has 1 aromatic rings. The first kappa shape index (κ1) is 15.5. The summed E-state index contributed by atoms with van der Waals surface area (Å²) in [5.74, 6) is -0.455. The fraction of sp³-hybridized carbons (Fsp3) is 0.429. The second-order valence-electron chi connectivity index (χ2n) is 5.20. The zero-order chi connectivity index (χ0) is 14.6. The summed E-state index contributed by atoms with van der Waals surface area (Å²) in [6.07, 6.45) is 0.332. The van der Waals surface area contributed by atoms with Crippen LogP contribution in [0.25, 0.3) is 0 Å². The molecular formula is C14H19ClN2O2. The molecule has 0 saturated carbocycles. The molecule has 5 heteroatoms. The van der Waals surface area contributed by atoms with Gasteiger partial charge in [-0.25, -0.2) is 5.01 Å². The van der Waals surface area contributed by atoms with Crippen molar-refractivity contribution in [2.45, 2.75) is 39.7 Å². The molecule has 0 atom stereocenters. The maximum absolute atomic E-state index is 12.1. The van der Waals surface area contributed by atoms with Crippen LogP contribution in [-0.2, 0) is 4.79 Å². The summed E-state index contributed by atoms with van der Waals surface area (Å²) in [5, 5.41) is 1.93. The van der Waals surface area contributed by atoms with E-state index in [1.165, 1.54) is 5.01 Å². The SMILES string of the molecule is CCC(=O)N(NC(=O)c1ccc(Cl)cc1)C(C)(C)C. The number of halogens is 1. The van der Waals surface area contributed by atoms with Gasteiger partial charge in [0.15, 0.2) is 0 Å². The van der Waals surface area contributed by atoms with E-state index in [2.05, 4.69) is 5.43 Å². The molecule has 0 aliphatic rings. The van der Waals surface area contributed by atoms with Crippen molar-refractivity contribution in [3.8, 4) is 0 Å². The zero-order valence-electron chi connectivity index (χ0n) is 11.7. The Morgan fingerprint density at radius 2 is 1.74 bits per heavy atom. The molecule has 1 N–H and O–H groups in total. The number of nitrogens with zero attached hydrogens (tertiary/aromatic N) is 1. The predicted molar refractivity (Wildman–Crippen MR) is 75.8 cm³/mol. The molecule has 0 unspecified atom stereocenters. The Kier molecular flexibility index (Phi) is 4.95. The maximum Gasteiger partial charge on any atom is 0.269 e. The Morgan fingerprint density at radius 1 is 1.21 bits per heavy atom. The van der Waals surface area contributed by atoms with Gasteiger partial charge in [-0.15, -0.1) is 0 Å².